The predicted molar refractivity (Wildman–Crippen MR) is 76.7 cm³/mol. The molecule has 1 aliphatic rings. The maximum Gasteiger partial charge on any atom is 0.273 e. The van der Waals surface area contributed by atoms with E-state index in [1.165, 1.54) is 12.1 Å². The van der Waals surface area contributed by atoms with Gasteiger partial charge in [-0.2, -0.15) is 5.26 Å². The number of nitro groups is 1. The van der Waals surface area contributed by atoms with Crippen LogP contribution in [0.25, 0.3) is 0 Å². The van der Waals surface area contributed by atoms with E-state index in [1.807, 2.05) is 0 Å². The molecule has 1 aliphatic carbocycles. The van der Waals surface area contributed by atoms with E-state index in [2.05, 4.69) is 11.4 Å². The van der Waals surface area contributed by atoms with Gasteiger partial charge in [-0.15, -0.1) is 0 Å². The van der Waals surface area contributed by atoms with Crippen molar-refractivity contribution in [3.05, 3.63) is 39.4 Å². The Hall–Kier alpha value is -2.42. The van der Waals surface area contributed by atoms with Crippen molar-refractivity contribution in [2.24, 2.45) is 0 Å². The summed E-state index contributed by atoms with van der Waals surface area (Å²) in [5.41, 5.74) is -0.350. The molecule has 0 radical (unpaired) electrons. The predicted octanol–water partition coefficient (Wildman–Crippen LogP) is 2.86. The highest BCUT2D eigenvalue weighted by Gasteiger charge is 2.34. The summed E-state index contributed by atoms with van der Waals surface area (Å²) in [5.74, 6) is -0.417. The van der Waals surface area contributed by atoms with Crippen LogP contribution in [-0.2, 0) is 0 Å². The third kappa shape index (κ3) is 3.02. The first-order valence-electron chi connectivity index (χ1n) is 6.97. The van der Waals surface area contributed by atoms with Gasteiger partial charge in [-0.1, -0.05) is 25.3 Å². The van der Waals surface area contributed by atoms with Gasteiger partial charge >= 0.3 is 0 Å². The average molecular weight is 287 g/mol. The second-order valence-electron chi connectivity index (χ2n) is 5.42. The number of rotatable bonds is 3. The third-order valence-corrected chi connectivity index (χ3v) is 4.02. The molecule has 0 bridgehead atoms. The molecule has 1 aromatic carbocycles. The number of benzene rings is 1. The highest BCUT2D eigenvalue weighted by Crippen LogP contribution is 2.28. The van der Waals surface area contributed by atoms with Crippen LogP contribution in [0.4, 0.5) is 5.69 Å². The molecule has 1 N–H and O–H groups in total. The highest BCUT2D eigenvalue weighted by molar-refractivity contribution is 5.97. The van der Waals surface area contributed by atoms with Crippen molar-refractivity contribution in [1.29, 1.82) is 5.26 Å². The lowest BCUT2D eigenvalue weighted by Gasteiger charge is -2.31. The van der Waals surface area contributed by atoms with Crippen LogP contribution in [0, 0.1) is 28.4 Å². The summed E-state index contributed by atoms with van der Waals surface area (Å²) in [5, 5.41) is 23.1. The van der Waals surface area contributed by atoms with Gasteiger partial charge in [0.05, 0.1) is 11.0 Å². The number of nitriles is 1. The number of nitrogens with one attached hydrogen (secondary N) is 1. The second-order valence-corrected chi connectivity index (χ2v) is 5.42. The van der Waals surface area contributed by atoms with Gasteiger partial charge in [0, 0.05) is 17.2 Å². The quantitative estimate of drug-likeness (QED) is 0.682. The molecule has 0 aromatic heterocycles. The van der Waals surface area contributed by atoms with Crippen LogP contribution in [0.2, 0.25) is 0 Å². The number of nitro benzene ring substituents is 1. The molecule has 0 spiro atoms. The summed E-state index contributed by atoms with van der Waals surface area (Å²) in [4.78, 5) is 22.8. The number of hydrogen-bond donors (Lipinski definition) is 1. The van der Waals surface area contributed by atoms with E-state index in [0.717, 1.165) is 19.3 Å². The van der Waals surface area contributed by atoms with Crippen LogP contribution in [-0.4, -0.2) is 16.4 Å². The van der Waals surface area contributed by atoms with Crippen molar-refractivity contribution < 1.29 is 9.72 Å². The van der Waals surface area contributed by atoms with Crippen LogP contribution < -0.4 is 5.32 Å². The minimum absolute atomic E-state index is 0.0858. The molecule has 0 saturated heterocycles. The van der Waals surface area contributed by atoms with Gasteiger partial charge in [0.25, 0.3) is 11.6 Å². The number of hydrogen-bond acceptors (Lipinski definition) is 4. The first kappa shape index (κ1) is 15.0. The Balaban J connectivity index is 2.27. The Labute approximate surface area is 122 Å². The Morgan fingerprint density at radius 3 is 2.62 bits per heavy atom. The molecule has 1 saturated carbocycles. The number of amides is 1. The van der Waals surface area contributed by atoms with Crippen LogP contribution in [0.3, 0.4) is 0 Å². The summed E-state index contributed by atoms with van der Waals surface area (Å²) in [6, 6.07) is 6.61. The van der Waals surface area contributed by atoms with Crippen LogP contribution in [0.1, 0.15) is 48.0 Å². The lowest BCUT2D eigenvalue weighted by Crippen LogP contribution is -2.48. The van der Waals surface area contributed by atoms with E-state index < -0.39 is 16.4 Å². The molecule has 21 heavy (non-hydrogen) atoms. The minimum atomic E-state index is -0.841. The monoisotopic (exact) mass is 287 g/mol. The molecule has 0 heterocycles. The van der Waals surface area contributed by atoms with E-state index in [-0.39, 0.29) is 11.3 Å². The zero-order valence-corrected chi connectivity index (χ0v) is 11.9. The normalized spacial score (nSPS) is 16.8. The summed E-state index contributed by atoms with van der Waals surface area (Å²) in [7, 11) is 0. The fraction of sp³-hybridized carbons (Fsp3) is 0.467. The maximum absolute atomic E-state index is 12.4. The summed E-state index contributed by atoms with van der Waals surface area (Å²) >= 11 is 0. The Bertz CT molecular complexity index is 613. The lowest BCUT2D eigenvalue weighted by molar-refractivity contribution is -0.385. The van der Waals surface area contributed by atoms with Gasteiger partial charge in [-0.05, 0) is 25.8 Å². The van der Waals surface area contributed by atoms with Crippen molar-refractivity contribution >= 4 is 11.6 Å². The van der Waals surface area contributed by atoms with Crippen molar-refractivity contribution in [2.75, 3.05) is 0 Å². The summed E-state index contributed by atoms with van der Waals surface area (Å²) in [6.07, 6.45) is 4.13. The second kappa shape index (κ2) is 5.92. The van der Waals surface area contributed by atoms with E-state index in [9.17, 15) is 20.2 Å². The van der Waals surface area contributed by atoms with Crippen LogP contribution in [0.15, 0.2) is 18.2 Å². The SMILES string of the molecule is Cc1c(C(=O)NC2(C#N)CCCCC2)cccc1[N+](=O)[O-]. The molecule has 1 fully saturated rings. The van der Waals surface area contributed by atoms with E-state index in [4.69, 9.17) is 0 Å². The van der Waals surface area contributed by atoms with Crippen LogP contribution in [0.5, 0.6) is 0 Å². The zero-order chi connectivity index (χ0) is 15.5. The standard InChI is InChI=1S/C15H17N3O3/c1-11-12(6-5-7-13(11)18(20)21)14(19)17-15(10-16)8-3-2-4-9-15/h5-7H,2-4,8-9H2,1H3,(H,17,19). The zero-order valence-electron chi connectivity index (χ0n) is 11.9. The molecule has 1 aromatic rings. The fourth-order valence-corrected chi connectivity index (χ4v) is 2.77. The number of carbonyl (C=O) groups excluding carboxylic acids is 1. The summed E-state index contributed by atoms with van der Waals surface area (Å²) < 4.78 is 0. The Morgan fingerprint density at radius 1 is 1.38 bits per heavy atom. The molecule has 6 nitrogen and oxygen atoms in total. The average Bonchev–Trinajstić information content (AvgIpc) is 2.48. The minimum Gasteiger partial charge on any atom is -0.334 e. The molecule has 0 unspecified atom stereocenters. The van der Waals surface area contributed by atoms with Gasteiger partial charge < -0.3 is 5.32 Å². The molecule has 110 valence electrons. The van der Waals surface area contributed by atoms with E-state index >= 15 is 0 Å². The van der Waals surface area contributed by atoms with E-state index in [1.54, 1.807) is 13.0 Å². The molecule has 2 rings (SSSR count). The molecular formula is C15H17N3O3. The molecular weight excluding hydrogens is 270 g/mol. The topological polar surface area (TPSA) is 96.0 Å². The fourth-order valence-electron chi connectivity index (χ4n) is 2.77. The van der Waals surface area contributed by atoms with Gasteiger partial charge in [0.15, 0.2) is 0 Å². The number of carbonyl (C=O) groups is 1. The highest BCUT2D eigenvalue weighted by atomic mass is 16.6. The largest absolute Gasteiger partial charge is 0.334 e. The van der Waals surface area contributed by atoms with Gasteiger partial charge in [0.1, 0.15) is 5.54 Å². The summed E-state index contributed by atoms with van der Waals surface area (Å²) in [6.45, 7) is 1.55. The molecule has 6 heteroatoms. The lowest BCUT2D eigenvalue weighted by atomic mass is 9.82. The van der Waals surface area contributed by atoms with Gasteiger partial charge in [-0.3, -0.25) is 14.9 Å². The number of nitrogens with zero attached hydrogens (tertiary/aromatic N) is 2. The third-order valence-electron chi connectivity index (χ3n) is 4.02. The van der Waals surface area contributed by atoms with E-state index in [0.29, 0.717) is 18.4 Å². The van der Waals surface area contributed by atoms with Crippen molar-refractivity contribution in [2.45, 2.75) is 44.6 Å². The maximum atomic E-state index is 12.4. The smallest absolute Gasteiger partial charge is 0.273 e. The molecule has 0 aliphatic heterocycles. The van der Waals surface area contributed by atoms with Crippen LogP contribution >= 0.6 is 0 Å². The van der Waals surface area contributed by atoms with Gasteiger partial charge in [0.2, 0.25) is 0 Å². The van der Waals surface area contributed by atoms with Crippen molar-refractivity contribution in [3.8, 4) is 6.07 Å². The first-order chi connectivity index (χ1) is 9.99. The van der Waals surface area contributed by atoms with Crippen molar-refractivity contribution in [1.82, 2.24) is 5.32 Å². The Kier molecular flexibility index (Phi) is 4.22. The van der Waals surface area contributed by atoms with Gasteiger partial charge in [-0.25, -0.2) is 0 Å². The molecule has 1 amide bonds. The van der Waals surface area contributed by atoms with Crippen molar-refractivity contribution in [3.63, 3.8) is 0 Å². The molecule has 0 atom stereocenters. The first-order valence-corrected chi connectivity index (χ1v) is 6.97. The Morgan fingerprint density at radius 2 is 2.05 bits per heavy atom.